The summed E-state index contributed by atoms with van der Waals surface area (Å²) in [6.07, 6.45) is 1.64. The van der Waals surface area contributed by atoms with Crippen molar-refractivity contribution < 1.29 is 22.4 Å². The summed E-state index contributed by atoms with van der Waals surface area (Å²) >= 11 is 0. The molecule has 36 heavy (non-hydrogen) atoms. The summed E-state index contributed by atoms with van der Waals surface area (Å²) in [7, 11) is -3.76. The van der Waals surface area contributed by atoms with Gasteiger partial charge in [0, 0.05) is 26.1 Å². The molecule has 198 valence electrons. The fourth-order valence-electron chi connectivity index (χ4n) is 3.87. The second-order valence-corrected chi connectivity index (χ2v) is 11.4. The normalized spacial score (nSPS) is 12.3. The molecule has 0 aromatic heterocycles. The van der Waals surface area contributed by atoms with Crippen LogP contribution in [0.25, 0.3) is 0 Å². The molecule has 1 N–H and O–H groups in total. The number of aryl methyl sites for hydroxylation is 1. The molecule has 1 unspecified atom stereocenters. The molecular weight excluding hydrogens is 481 g/mol. The van der Waals surface area contributed by atoms with Crippen molar-refractivity contribution in [3.63, 3.8) is 0 Å². The van der Waals surface area contributed by atoms with Crippen LogP contribution in [0.4, 0.5) is 10.1 Å². The fraction of sp³-hybridized carbons (Fsp3) is 0.481. The van der Waals surface area contributed by atoms with Gasteiger partial charge in [0.15, 0.2) is 0 Å². The van der Waals surface area contributed by atoms with Crippen molar-refractivity contribution in [3.05, 3.63) is 65.5 Å². The summed E-state index contributed by atoms with van der Waals surface area (Å²) in [6.45, 7) is 8.55. The molecule has 0 fully saturated rings. The third kappa shape index (κ3) is 8.62. The molecular formula is C27H38FN3O4S. The SMILES string of the molecule is CCC(C(=O)NCC(C)C)N(Cc1ccc(C)cc1)C(=O)CCCN(c1ccccc1F)S(C)(=O)=O. The van der Waals surface area contributed by atoms with Gasteiger partial charge in [0.1, 0.15) is 11.9 Å². The van der Waals surface area contributed by atoms with Crippen LogP contribution in [0.2, 0.25) is 0 Å². The predicted octanol–water partition coefficient (Wildman–Crippen LogP) is 4.26. The zero-order valence-corrected chi connectivity index (χ0v) is 22.6. The monoisotopic (exact) mass is 519 g/mol. The number of amides is 2. The maximum atomic E-state index is 14.3. The van der Waals surface area contributed by atoms with Crippen molar-refractivity contribution >= 4 is 27.5 Å². The van der Waals surface area contributed by atoms with Gasteiger partial charge in [-0.1, -0.05) is 62.7 Å². The molecule has 0 bridgehead atoms. The Balaban J connectivity index is 2.21. The van der Waals surface area contributed by atoms with Crippen LogP contribution in [0.5, 0.6) is 0 Å². The number of carbonyl (C=O) groups is 2. The minimum atomic E-state index is -3.76. The number of benzene rings is 2. The number of hydrogen-bond acceptors (Lipinski definition) is 4. The molecule has 2 amide bonds. The molecule has 2 aromatic rings. The zero-order valence-electron chi connectivity index (χ0n) is 21.8. The molecule has 0 saturated heterocycles. The van der Waals surface area contributed by atoms with Crippen molar-refractivity contribution in [2.75, 3.05) is 23.7 Å². The summed E-state index contributed by atoms with van der Waals surface area (Å²) in [6, 6.07) is 12.8. The zero-order chi connectivity index (χ0) is 26.9. The van der Waals surface area contributed by atoms with Crippen molar-refractivity contribution in [2.24, 2.45) is 5.92 Å². The molecule has 7 nitrogen and oxygen atoms in total. The van der Waals surface area contributed by atoms with E-state index in [0.717, 1.165) is 21.7 Å². The maximum Gasteiger partial charge on any atom is 0.242 e. The van der Waals surface area contributed by atoms with E-state index < -0.39 is 21.9 Å². The van der Waals surface area contributed by atoms with E-state index in [1.54, 1.807) is 11.0 Å². The summed E-state index contributed by atoms with van der Waals surface area (Å²) < 4.78 is 40.0. The predicted molar refractivity (Wildman–Crippen MR) is 141 cm³/mol. The topological polar surface area (TPSA) is 86.8 Å². The fourth-order valence-corrected chi connectivity index (χ4v) is 4.83. The van der Waals surface area contributed by atoms with Gasteiger partial charge in [0.2, 0.25) is 21.8 Å². The highest BCUT2D eigenvalue weighted by Gasteiger charge is 2.29. The Morgan fingerprint density at radius 1 is 1.06 bits per heavy atom. The highest BCUT2D eigenvalue weighted by atomic mass is 32.2. The second-order valence-electron chi connectivity index (χ2n) is 9.46. The van der Waals surface area contributed by atoms with Crippen molar-refractivity contribution in [3.8, 4) is 0 Å². The first kappa shape index (κ1) is 29.3. The van der Waals surface area contributed by atoms with Crippen molar-refractivity contribution in [1.82, 2.24) is 10.2 Å². The molecule has 0 aliphatic heterocycles. The number of nitrogens with zero attached hydrogens (tertiary/aromatic N) is 2. The summed E-state index contributed by atoms with van der Waals surface area (Å²) in [4.78, 5) is 27.9. The lowest BCUT2D eigenvalue weighted by molar-refractivity contribution is -0.141. The van der Waals surface area contributed by atoms with Crippen LogP contribution >= 0.6 is 0 Å². The Labute approximate surface area is 214 Å². The van der Waals surface area contributed by atoms with Crippen LogP contribution in [-0.2, 0) is 26.2 Å². The molecule has 9 heteroatoms. The van der Waals surface area contributed by atoms with E-state index in [-0.39, 0.29) is 49.4 Å². The number of rotatable bonds is 13. The number of nitrogens with one attached hydrogen (secondary N) is 1. The van der Waals surface area contributed by atoms with Gasteiger partial charge in [-0.15, -0.1) is 0 Å². The average Bonchev–Trinajstić information content (AvgIpc) is 2.81. The van der Waals surface area contributed by atoms with Gasteiger partial charge in [0.05, 0.1) is 11.9 Å². The molecule has 0 aliphatic carbocycles. The average molecular weight is 520 g/mol. The molecule has 2 rings (SSSR count). The van der Waals surface area contributed by atoms with Crippen LogP contribution in [0.1, 0.15) is 51.2 Å². The highest BCUT2D eigenvalue weighted by Crippen LogP contribution is 2.22. The van der Waals surface area contributed by atoms with Crippen LogP contribution < -0.4 is 9.62 Å². The molecule has 0 spiro atoms. The van der Waals surface area contributed by atoms with E-state index in [4.69, 9.17) is 0 Å². The minimum Gasteiger partial charge on any atom is -0.354 e. The molecule has 0 aliphatic rings. The van der Waals surface area contributed by atoms with E-state index in [9.17, 15) is 22.4 Å². The minimum absolute atomic E-state index is 0.0142. The highest BCUT2D eigenvalue weighted by molar-refractivity contribution is 7.92. The lowest BCUT2D eigenvalue weighted by Crippen LogP contribution is -2.49. The molecule has 0 saturated carbocycles. The van der Waals surface area contributed by atoms with Crippen LogP contribution in [0.3, 0.4) is 0 Å². The summed E-state index contributed by atoms with van der Waals surface area (Å²) in [5, 5.41) is 2.92. The largest absolute Gasteiger partial charge is 0.354 e. The first-order valence-corrected chi connectivity index (χ1v) is 14.1. The van der Waals surface area contributed by atoms with E-state index in [1.165, 1.54) is 18.2 Å². The third-order valence-electron chi connectivity index (χ3n) is 5.82. The first-order valence-electron chi connectivity index (χ1n) is 12.3. The van der Waals surface area contributed by atoms with E-state index in [1.807, 2.05) is 52.0 Å². The number of para-hydroxylation sites is 1. The third-order valence-corrected chi connectivity index (χ3v) is 7.00. The van der Waals surface area contributed by atoms with E-state index in [2.05, 4.69) is 5.32 Å². The van der Waals surface area contributed by atoms with Crippen LogP contribution in [-0.4, -0.2) is 50.5 Å². The summed E-state index contributed by atoms with van der Waals surface area (Å²) in [5.41, 5.74) is 1.93. The van der Waals surface area contributed by atoms with Crippen molar-refractivity contribution in [2.45, 2.75) is 59.5 Å². The van der Waals surface area contributed by atoms with Gasteiger partial charge in [0.25, 0.3) is 0 Å². The van der Waals surface area contributed by atoms with Gasteiger partial charge in [-0.3, -0.25) is 13.9 Å². The Bertz CT molecular complexity index is 1120. The van der Waals surface area contributed by atoms with Gasteiger partial charge in [-0.25, -0.2) is 12.8 Å². The maximum absolute atomic E-state index is 14.3. The molecule has 0 radical (unpaired) electrons. The van der Waals surface area contributed by atoms with E-state index >= 15 is 0 Å². The van der Waals surface area contributed by atoms with Gasteiger partial charge < -0.3 is 10.2 Å². The molecule has 0 heterocycles. The van der Waals surface area contributed by atoms with Crippen LogP contribution in [0.15, 0.2) is 48.5 Å². The first-order chi connectivity index (χ1) is 16.9. The summed E-state index contributed by atoms with van der Waals surface area (Å²) in [5.74, 6) is -0.851. The number of carbonyl (C=O) groups excluding carboxylic acids is 2. The van der Waals surface area contributed by atoms with Crippen molar-refractivity contribution in [1.29, 1.82) is 0 Å². The number of anilines is 1. The van der Waals surface area contributed by atoms with Gasteiger partial charge >= 0.3 is 0 Å². The molecule has 2 aromatic carbocycles. The Morgan fingerprint density at radius 3 is 2.25 bits per heavy atom. The standard InChI is InChI=1S/C27H38FN3O4S/c1-6-24(27(33)29-18-20(2)3)30(19-22-15-13-21(4)14-16-22)26(32)12-9-17-31(36(5,34)35)25-11-8-7-10-23(25)28/h7-8,10-11,13-16,20,24H,6,9,12,17-19H2,1-5H3,(H,29,33). The van der Waals surface area contributed by atoms with E-state index in [0.29, 0.717) is 13.0 Å². The quantitative estimate of drug-likeness (QED) is 0.428. The number of hydrogen-bond donors (Lipinski definition) is 1. The lowest BCUT2D eigenvalue weighted by Gasteiger charge is -2.31. The van der Waals surface area contributed by atoms with Gasteiger partial charge in [-0.05, 0) is 43.4 Å². The Hall–Kier alpha value is -2.94. The second kappa shape index (κ2) is 13.4. The Morgan fingerprint density at radius 2 is 1.69 bits per heavy atom. The molecule has 1 atom stereocenters. The number of sulfonamides is 1. The lowest BCUT2D eigenvalue weighted by atomic mass is 10.1. The smallest absolute Gasteiger partial charge is 0.242 e. The van der Waals surface area contributed by atoms with Crippen LogP contribution in [0, 0.1) is 18.7 Å². The Kier molecular flexibility index (Phi) is 10.9. The van der Waals surface area contributed by atoms with Gasteiger partial charge in [-0.2, -0.15) is 0 Å². The number of halogens is 1.